The van der Waals surface area contributed by atoms with Crippen molar-refractivity contribution in [2.24, 2.45) is 5.92 Å². The minimum atomic E-state index is -0.737. The first-order valence-electron chi connectivity index (χ1n) is 6.14. The van der Waals surface area contributed by atoms with Gasteiger partial charge in [-0.05, 0) is 37.8 Å². The summed E-state index contributed by atoms with van der Waals surface area (Å²) in [7, 11) is 0. The van der Waals surface area contributed by atoms with Crippen LogP contribution < -0.4 is 5.32 Å². The van der Waals surface area contributed by atoms with Crippen molar-refractivity contribution in [1.29, 1.82) is 0 Å². The number of aryl methyl sites for hydroxylation is 2. The molecule has 17 heavy (non-hydrogen) atoms. The first-order valence-corrected chi connectivity index (χ1v) is 6.96. The average molecular weight is 253 g/mol. The molecule has 0 radical (unpaired) electrons. The second-order valence-corrected chi connectivity index (χ2v) is 6.03. The molecular weight excluding hydrogens is 234 g/mol. The Hall–Kier alpha value is -0.870. The Labute approximate surface area is 106 Å². The van der Waals surface area contributed by atoms with E-state index in [2.05, 4.69) is 11.4 Å². The Bertz CT molecular complexity index is 392. The lowest BCUT2D eigenvalue weighted by Crippen LogP contribution is -2.35. The van der Waals surface area contributed by atoms with E-state index in [1.54, 1.807) is 6.92 Å². The van der Waals surface area contributed by atoms with Crippen LogP contribution in [0.3, 0.4) is 0 Å². The minimum absolute atomic E-state index is 0.00411. The Morgan fingerprint density at radius 1 is 1.53 bits per heavy atom. The molecule has 0 spiro atoms. The van der Waals surface area contributed by atoms with Gasteiger partial charge in [0, 0.05) is 22.3 Å². The lowest BCUT2D eigenvalue weighted by Gasteiger charge is -2.17. The van der Waals surface area contributed by atoms with Gasteiger partial charge in [0.15, 0.2) is 0 Å². The zero-order valence-corrected chi connectivity index (χ0v) is 11.1. The summed E-state index contributed by atoms with van der Waals surface area (Å²) in [5.74, 6) is -1.08. The third kappa shape index (κ3) is 2.87. The molecule has 1 heterocycles. The van der Waals surface area contributed by atoms with Crippen LogP contribution in [0, 0.1) is 5.92 Å². The molecule has 0 aromatic carbocycles. The highest BCUT2D eigenvalue weighted by molar-refractivity contribution is 7.12. The van der Waals surface area contributed by atoms with Crippen molar-refractivity contribution in [3.63, 3.8) is 0 Å². The topological polar surface area (TPSA) is 49.3 Å². The molecule has 2 rings (SSSR count). The van der Waals surface area contributed by atoms with Gasteiger partial charge in [0.1, 0.15) is 0 Å². The number of nitrogens with one attached hydrogen (secondary N) is 1. The van der Waals surface area contributed by atoms with Gasteiger partial charge >= 0.3 is 5.97 Å². The number of hydrogen-bond acceptors (Lipinski definition) is 3. The second-order valence-electron chi connectivity index (χ2n) is 4.81. The number of thiophene rings is 1. The molecule has 3 nitrogen and oxygen atoms in total. The number of carboxylic acids is 1. The molecule has 1 aromatic heterocycles. The van der Waals surface area contributed by atoms with Crippen molar-refractivity contribution in [1.82, 2.24) is 5.32 Å². The van der Waals surface area contributed by atoms with Crippen LogP contribution >= 0.6 is 11.3 Å². The SMILES string of the molecule is CC(NCc1cc2c(s1)CCC2)C(C)C(=O)O. The Balaban J connectivity index is 1.87. The fourth-order valence-corrected chi connectivity index (χ4v) is 3.34. The molecule has 0 amide bonds. The second kappa shape index (κ2) is 5.19. The fourth-order valence-electron chi connectivity index (χ4n) is 2.13. The van der Waals surface area contributed by atoms with Gasteiger partial charge in [0.25, 0.3) is 0 Å². The molecule has 2 N–H and O–H groups in total. The molecular formula is C13H19NO2S. The zero-order valence-electron chi connectivity index (χ0n) is 10.3. The highest BCUT2D eigenvalue weighted by Crippen LogP contribution is 2.30. The standard InChI is InChI=1S/C13H19NO2S/c1-8(13(15)16)9(2)14-7-11-6-10-4-3-5-12(10)17-11/h6,8-9,14H,3-5,7H2,1-2H3,(H,15,16). The number of fused-ring (bicyclic) bond motifs is 1. The number of rotatable bonds is 5. The van der Waals surface area contributed by atoms with E-state index in [0.29, 0.717) is 0 Å². The summed E-state index contributed by atoms with van der Waals surface area (Å²) in [6.07, 6.45) is 3.73. The summed E-state index contributed by atoms with van der Waals surface area (Å²) in [5.41, 5.74) is 1.51. The Morgan fingerprint density at radius 3 is 2.94 bits per heavy atom. The first-order chi connectivity index (χ1) is 8.08. The number of aliphatic carboxylic acids is 1. The lowest BCUT2D eigenvalue weighted by atomic mass is 10.0. The quantitative estimate of drug-likeness (QED) is 0.847. The van der Waals surface area contributed by atoms with Gasteiger partial charge in [-0.3, -0.25) is 4.79 Å². The van der Waals surface area contributed by atoms with Gasteiger partial charge in [-0.15, -0.1) is 11.3 Å². The minimum Gasteiger partial charge on any atom is -0.481 e. The molecule has 0 bridgehead atoms. The highest BCUT2D eigenvalue weighted by Gasteiger charge is 2.19. The van der Waals surface area contributed by atoms with E-state index in [4.69, 9.17) is 5.11 Å². The first kappa shape index (κ1) is 12.6. The van der Waals surface area contributed by atoms with Gasteiger partial charge in [-0.2, -0.15) is 0 Å². The van der Waals surface area contributed by atoms with E-state index < -0.39 is 5.97 Å². The summed E-state index contributed by atoms with van der Waals surface area (Å²) >= 11 is 1.87. The Kier molecular flexibility index (Phi) is 3.84. The van der Waals surface area contributed by atoms with Crippen molar-refractivity contribution in [3.8, 4) is 0 Å². The highest BCUT2D eigenvalue weighted by atomic mass is 32.1. The maximum absolute atomic E-state index is 10.8. The van der Waals surface area contributed by atoms with Crippen LogP contribution in [-0.2, 0) is 24.2 Å². The molecule has 4 heteroatoms. The van der Waals surface area contributed by atoms with Crippen LogP contribution in [-0.4, -0.2) is 17.1 Å². The van der Waals surface area contributed by atoms with Crippen molar-refractivity contribution in [3.05, 3.63) is 21.4 Å². The molecule has 1 aliphatic rings. The number of hydrogen-bond donors (Lipinski definition) is 2. The summed E-state index contributed by atoms with van der Waals surface area (Å²) in [5, 5.41) is 12.2. The molecule has 0 saturated carbocycles. The van der Waals surface area contributed by atoms with Crippen LogP contribution in [0.2, 0.25) is 0 Å². The maximum atomic E-state index is 10.8. The van der Waals surface area contributed by atoms with E-state index in [9.17, 15) is 4.79 Å². The molecule has 94 valence electrons. The summed E-state index contributed by atoms with van der Waals surface area (Å²) < 4.78 is 0. The predicted molar refractivity (Wildman–Crippen MR) is 69.4 cm³/mol. The van der Waals surface area contributed by atoms with Gasteiger partial charge < -0.3 is 10.4 Å². The molecule has 0 aliphatic heterocycles. The van der Waals surface area contributed by atoms with E-state index in [0.717, 1.165) is 6.54 Å². The van der Waals surface area contributed by atoms with E-state index in [1.807, 2.05) is 18.3 Å². The smallest absolute Gasteiger partial charge is 0.307 e. The molecule has 0 fully saturated rings. The lowest BCUT2D eigenvalue weighted by molar-refractivity contribution is -0.141. The summed E-state index contributed by atoms with van der Waals surface area (Å²) in [4.78, 5) is 13.7. The van der Waals surface area contributed by atoms with Crippen LogP contribution in [0.15, 0.2) is 6.07 Å². The van der Waals surface area contributed by atoms with Crippen molar-refractivity contribution < 1.29 is 9.90 Å². The van der Waals surface area contributed by atoms with E-state index in [-0.39, 0.29) is 12.0 Å². The van der Waals surface area contributed by atoms with Gasteiger partial charge in [-0.25, -0.2) is 0 Å². The molecule has 0 saturated heterocycles. The van der Waals surface area contributed by atoms with E-state index in [1.165, 1.54) is 34.6 Å². The Morgan fingerprint density at radius 2 is 2.29 bits per heavy atom. The summed E-state index contributed by atoms with van der Waals surface area (Å²) in [6.45, 7) is 4.46. The van der Waals surface area contributed by atoms with E-state index >= 15 is 0 Å². The molecule has 1 aliphatic carbocycles. The zero-order chi connectivity index (χ0) is 12.4. The predicted octanol–water partition coefficient (Wildman–Crippen LogP) is 2.44. The van der Waals surface area contributed by atoms with Crippen LogP contribution in [0.5, 0.6) is 0 Å². The third-order valence-electron chi connectivity index (χ3n) is 3.54. The van der Waals surface area contributed by atoms with Crippen LogP contribution in [0.1, 0.15) is 35.6 Å². The molecule has 1 aromatic rings. The number of carboxylic acid groups (broad SMARTS) is 1. The van der Waals surface area contributed by atoms with Gasteiger partial charge in [0.05, 0.1) is 5.92 Å². The number of carbonyl (C=O) groups is 1. The normalized spacial score (nSPS) is 17.8. The third-order valence-corrected chi connectivity index (χ3v) is 4.77. The maximum Gasteiger partial charge on any atom is 0.307 e. The van der Waals surface area contributed by atoms with Gasteiger partial charge in [-0.1, -0.05) is 6.92 Å². The fraction of sp³-hybridized carbons (Fsp3) is 0.615. The monoisotopic (exact) mass is 253 g/mol. The largest absolute Gasteiger partial charge is 0.481 e. The van der Waals surface area contributed by atoms with Crippen LogP contribution in [0.4, 0.5) is 0 Å². The van der Waals surface area contributed by atoms with Crippen molar-refractivity contribution >= 4 is 17.3 Å². The average Bonchev–Trinajstić information content (AvgIpc) is 2.84. The van der Waals surface area contributed by atoms with Crippen molar-refractivity contribution in [2.75, 3.05) is 0 Å². The molecule has 2 unspecified atom stereocenters. The van der Waals surface area contributed by atoms with Crippen molar-refractivity contribution in [2.45, 2.75) is 45.7 Å². The molecule has 2 atom stereocenters. The van der Waals surface area contributed by atoms with Crippen LogP contribution in [0.25, 0.3) is 0 Å². The summed E-state index contributed by atoms with van der Waals surface area (Å²) in [6, 6.07) is 2.28. The van der Waals surface area contributed by atoms with Gasteiger partial charge in [0.2, 0.25) is 0 Å².